The van der Waals surface area contributed by atoms with Gasteiger partial charge in [-0.15, -0.1) is 0 Å². The maximum absolute atomic E-state index is 13.8. The van der Waals surface area contributed by atoms with Crippen molar-refractivity contribution >= 4 is 32.8 Å². The smallest absolute Gasteiger partial charge is 0.429 e. The summed E-state index contributed by atoms with van der Waals surface area (Å²) in [6.45, 7) is 2.55. The summed E-state index contributed by atoms with van der Waals surface area (Å²) in [5.74, 6) is 0. The first-order valence-electron chi connectivity index (χ1n) is 8.92. The predicted octanol–water partition coefficient (Wildman–Crippen LogP) is 6.87. The van der Waals surface area contributed by atoms with Gasteiger partial charge in [0.1, 0.15) is 0 Å². The number of alkyl carbamates (subject to hydrolysis) is 1. The van der Waals surface area contributed by atoms with Crippen LogP contribution in [-0.4, -0.2) is 12.3 Å². The Morgan fingerprint density at radius 3 is 2.28 bits per heavy atom. The first kappa shape index (κ1) is 21.2. The molecule has 0 heterocycles. The first-order chi connectivity index (χ1) is 13.6. The Morgan fingerprint density at radius 2 is 1.62 bits per heavy atom. The van der Waals surface area contributed by atoms with Gasteiger partial charge in [-0.3, -0.25) is 0 Å². The molecule has 0 aliphatic carbocycles. The third-order valence-electron chi connectivity index (χ3n) is 4.86. The van der Waals surface area contributed by atoms with Crippen molar-refractivity contribution in [1.82, 2.24) is 5.32 Å². The third kappa shape index (κ3) is 4.40. The summed E-state index contributed by atoms with van der Waals surface area (Å²) in [6.07, 6.45) is -5.94. The number of fused-ring (bicyclic) bond motifs is 1. The quantitative estimate of drug-likeness (QED) is 0.456. The van der Waals surface area contributed by atoms with Crippen LogP contribution in [-0.2, 0) is 10.3 Å². The molecule has 0 aliphatic heterocycles. The Labute approximate surface area is 175 Å². The second-order valence-electron chi connectivity index (χ2n) is 6.86. The Balaban J connectivity index is 1.84. The maximum Gasteiger partial charge on any atom is 0.432 e. The second kappa shape index (κ2) is 8.06. The molecule has 0 radical (unpaired) electrons. The molecule has 0 spiro atoms. The molecule has 0 aliphatic rings. The van der Waals surface area contributed by atoms with Gasteiger partial charge in [0.15, 0.2) is 0 Å². The number of hydrogen-bond donors (Lipinski definition) is 1. The molecule has 0 unspecified atom stereocenters. The molecule has 7 heteroatoms. The van der Waals surface area contributed by atoms with Crippen LogP contribution in [0.5, 0.6) is 0 Å². The number of ether oxygens (including phenoxy) is 1. The second-order valence-corrected chi connectivity index (χ2v) is 7.78. The van der Waals surface area contributed by atoms with E-state index in [1.807, 2.05) is 42.5 Å². The van der Waals surface area contributed by atoms with Gasteiger partial charge in [-0.05, 0) is 42.3 Å². The van der Waals surface area contributed by atoms with E-state index in [4.69, 9.17) is 4.74 Å². The largest absolute Gasteiger partial charge is 0.432 e. The van der Waals surface area contributed by atoms with Crippen molar-refractivity contribution in [3.05, 3.63) is 82.3 Å². The molecule has 0 saturated carbocycles. The molecule has 1 N–H and O–H groups in total. The van der Waals surface area contributed by atoms with E-state index < -0.39 is 23.9 Å². The van der Waals surface area contributed by atoms with E-state index in [1.54, 1.807) is 6.92 Å². The van der Waals surface area contributed by atoms with Gasteiger partial charge in [0.25, 0.3) is 0 Å². The van der Waals surface area contributed by atoms with Crippen molar-refractivity contribution < 1.29 is 22.7 Å². The molecule has 0 saturated heterocycles. The van der Waals surface area contributed by atoms with E-state index in [1.165, 1.54) is 24.3 Å². The van der Waals surface area contributed by atoms with Gasteiger partial charge >= 0.3 is 12.3 Å². The highest BCUT2D eigenvalue weighted by atomic mass is 79.9. The van der Waals surface area contributed by atoms with Gasteiger partial charge in [0.2, 0.25) is 5.60 Å². The molecule has 3 aromatic rings. The summed E-state index contributed by atoms with van der Waals surface area (Å²) in [4.78, 5) is 12.4. The fraction of sp³-hybridized carbons (Fsp3) is 0.227. The van der Waals surface area contributed by atoms with Crippen molar-refractivity contribution in [2.24, 2.45) is 0 Å². The first-order valence-corrected chi connectivity index (χ1v) is 9.71. The predicted molar refractivity (Wildman–Crippen MR) is 110 cm³/mol. The number of amides is 1. The number of rotatable bonds is 4. The number of nitrogens with one attached hydrogen (secondary N) is 1. The van der Waals surface area contributed by atoms with Crippen LogP contribution in [0.4, 0.5) is 18.0 Å². The molecule has 0 fully saturated rings. The van der Waals surface area contributed by atoms with Crippen molar-refractivity contribution in [3.8, 4) is 0 Å². The highest BCUT2D eigenvalue weighted by Gasteiger charge is 2.56. The van der Waals surface area contributed by atoms with Crippen molar-refractivity contribution in [2.75, 3.05) is 0 Å². The lowest BCUT2D eigenvalue weighted by Crippen LogP contribution is -2.46. The third-order valence-corrected chi connectivity index (χ3v) is 5.39. The molecule has 152 valence electrons. The Bertz CT molecular complexity index is 1020. The lowest BCUT2D eigenvalue weighted by Gasteiger charge is -2.32. The van der Waals surface area contributed by atoms with E-state index in [2.05, 4.69) is 21.2 Å². The summed E-state index contributed by atoms with van der Waals surface area (Å²) in [5.41, 5.74) is -2.16. The summed E-state index contributed by atoms with van der Waals surface area (Å²) < 4.78 is 47.0. The van der Waals surface area contributed by atoms with Gasteiger partial charge in [-0.2, -0.15) is 13.2 Å². The SMILES string of the molecule is C[C@H](NC(=O)O[C@@](C)(c1ccc(Br)cc1)C(F)(F)F)c1cccc2ccccc12. The molecule has 2 atom stereocenters. The standard InChI is InChI=1S/C22H19BrF3NO2/c1-14(18-9-5-7-15-6-3-4-8-19(15)18)27-20(28)29-21(2,22(24,25)26)16-10-12-17(23)13-11-16/h3-14H,1-2H3,(H,27,28)/t14-,21-/m0/s1. The van der Waals surface area contributed by atoms with Crippen LogP contribution in [0.15, 0.2) is 71.2 Å². The normalized spacial score (nSPS) is 14.8. The van der Waals surface area contributed by atoms with Gasteiger partial charge in [0.05, 0.1) is 6.04 Å². The summed E-state index contributed by atoms with van der Waals surface area (Å²) >= 11 is 3.19. The Morgan fingerprint density at radius 1 is 1.00 bits per heavy atom. The number of carbonyl (C=O) groups is 1. The minimum absolute atomic E-state index is 0.166. The highest BCUT2D eigenvalue weighted by molar-refractivity contribution is 9.10. The van der Waals surface area contributed by atoms with Crippen LogP contribution >= 0.6 is 15.9 Å². The van der Waals surface area contributed by atoms with Crippen LogP contribution in [0.2, 0.25) is 0 Å². The van der Waals surface area contributed by atoms with Gasteiger partial charge in [-0.1, -0.05) is 70.5 Å². The summed E-state index contributed by atoms with van der Waals surface area (Å²) in [7, 11) is 0. The van der Waals surface area contributed by atoms with E-state index in [0.717, 1.165) is 23.3 Å². The average Bonchev–Trinajstić information content (AvgIpc) is 2.66. The fourth-order valence-corrected chi connectivity index (χ4v) is 3.41. The number of benzene rings is 3. The zero-order chi connectivity index (χ0) is 21.2. The van der Waals surface area contributed by atoms with Crippen LogP contribution in [0.1, 0.15) is 31.0 Å². The molecule has 29 heavy (non-hydrogen) atoms. The molecule has 3 rings (SSSR count). The van der Waals surface area contributed by atoms with E-state index >= 15 is 0 Å². The topological polar surface area (TPSA) is 38.3 Å². The molecule has 0 aromatic heterocycles. The number of carbonyl (C=O) groups excluding carboxylic acids is 1. The number of alkyl halides is 3. The minimum atomic E-state index is -4.79. The van der Waals surface area contributed by atoms with Crippen LogP contribution in [0.3, 0.4) is 0 Å². The van der Waals surface area contributed by atoms with E-state index in [-0.39, 0.29) is 5.56 Å². The fourth-order valence-electron chi connectivity index (χ4n) is 3.15. The van der Waals surface area contributed by atoms with Gasteiger partial charge in [-0.25, -0.2) is 4.79 Å². The number of halogens is 4. The zero-order valence-corrected chi connectivity index (χ0v) is 17.3. The number of hydrogen-bond acceptors (Lipinski definition) is 2. The van der Waals surface area contributed by atoms with Crippen molar-refractivity contribution in [1.29, 1.82) is 0 Å². The Kier molecular flexibility index (Phi) is 5.89. The van der Waals surface area contributed by atoms with Crippen LogP contribution < -0.4 is 5.32 Å². The Hall–Kier alpha value is -2.54. The van der Waals surface area contributed by atoms with Crippen LogP contribution in [0.25, 0.3) is 10.8 Å². The summed E-state index contributed by atoms with van der Waals surface area (Å²) in [6, 6.07) is 18.1. The zero-order valence-electron chi connectivity index (χ0n) is 15.8. The van der Waals surface area contributed by atoms with Crippen LogP contribution in [0, 0.1) is 0 Å². The molecular weight excluding hydrogens is 447 g/mol. The lowest BCUT2D eigenvalue weighted by molar-refractivity contribution is -0.257. The minimum Gasteiger partial charge on any atom is -0.429 e. The van der Waals surface area contributed by atoms with E-state index in [9.17, 15) is 18.0 Å². The molecular formula is C22H19BrF3NO2. The molecule has 0 bridgehead atoms. The molecule has 3 nitrogen and oxygen atoms in total. The average molecular weight is 466 g/mol. The van der Waals surface area contributed by atoms with Crippen molar-refractivity contribution in [2.45, 2.75) is 31.7 Å². The molecule has 3 aromatic carbocycles. The van der Waals surface area contributed by atoms with Gasteiger partial charge in [0, 0.05) is 10.0 Å². The molecule has 1 amide bonds. The van der Waals surface area contributed by atoms with Gasteiger partial charge < -0.3 is 10.1 Å². The maximum atomic E-state index is 13.8. The van der Waals surface area contributed by atoms with E-state index in [0.29, 0.717) is 4.47 Å². The lowest BCUT2D eigenvalue weighted by atomic mass is 9.95. The van der Waals surface area contributed by atoms with Crippen molar-refractivity contribution in [3.63, 3.8) is 0 Å². The summed E-state index contributed by atoms with van der Waals surface area (Å²) in [5, 5.41) is 4.41. The highest BCUT2D eigenvalue weighted by Crippen LogP contribution is 2.42. The monoisotopic (exact) mass is 465 g/mol.